The van der Waals surface area contributed by atoms with Gasteiger partial charge in [0.05, 0.1) is 11.4 Å². The van der Waals surface area contributed by atoms with Gasteiger partial charge in [-0.1, -0.05) is 27.7 Å². The molecule has 6 fully saturated rings. The molecular formula is C29H46N2O4. The van der Waals surface area contributed by atoms with E-state index in [2.05, 4.69) is 33.0 Å². The number of hydrogen-bond donors (Lipinski definition) is 0. The van der Waals surface area contributed by atoms with Crippen molar-refractivity contribution in [2.24, 2.45) is 57.5 Å². The molecule has 2 saturated heterocycles. The third kappa shape index (κ3) is 3.33. The van der Waals surface area contributed by atoms with Gasteiger partial charge >= 0.3 is 5.97 Å². The van der Waals surface area contributed by atoms with E-state index < -0.39 is 5.72 Å². The first-order valence-electron chi connectivity index (χ1n) is 14.6. The van der Waals surface area contributed by atoms with Gasteiger partial charge in [0.1, 0.15) is 6.10 Å². The maximum absolute atomic E-state index is 11.9. The zero-order valence-electron chi connectivity index (χ0n) is 22.5. The molecular weight excluding hydrogens is 440 g/mol. The van der Waals surface area contributed by atoms with Gasteiger partial charge in [-0.15, -0.1) is 4.91 Å². The molecule has 12 atom stereocenters. The van der Waals surface area contributed by atoms with Crippen LogP contribution < -0.4 is 0 Å². The Morgan fingerprint density at radius 1 is 0.971 bits per heavy atom. The summed E-state index contributed by atoms with van der Waals surface area (Å²) in [6, 6.07) is 0. The van der Waals surface area contributed by atoms with Crippen LogP contribution in [0, 0.1) is 57.2 Å². The van der Waals surface area contributed by atoms with Crippen LogP contribution in [0.1, 0.15) is 98.8 Å². The third-order valence-electron chi connectivity index (χ3n) is 12.7. The molecule has 6 rings (SSSR count). The van der Waals surface area contributed by atoms with E-state index in [4.69, 9.17) is 9.47 Å². The van der Waals surface area contributed by atoms with Crippen LogP contribution in [0.5, 0.6) is 0 Å². The third-order valence-corrected chi connectivity index (χ3v) is 12.7. The van der Waals surface area contributed by atoms with Gasteiger partial charge in [0, 0.05) is 19.4 Å². The minimum Gasteiger partial charge on any atom is -0.463 e. The molecule has 12 unspecified atom stereocenters. The number of ether oxygens (including phenoxy) is 2. The Kier molecular flexibility index (Phi) is 5.64. The average Bonchev–Trinajstić information content (AvgIpc) is 3.26. The second-order valence-electron chi connectivity index (χ2n) is 14.1. The fourth-order valence-corrected chi connectivity index (χ4v) is 11.1. The number of nitroso groups, excluding NO2 is 1. The van der Waals surface area contributed by atoms with Gasteiger partial charge in [0.25, 0.3) is 0 Å². The van der Waals surface area contributed by atoms with Crippen LogP contribution in [-0.4, -0.2) is 35.5 Å². The van der Waals surface area contributed by atoms with Crippen molar-refractivity contribution in [2.45, 2.75) is 117 Å². The summed E-state index contributed by atoms with van der Waals surface area (Å²) in [6.45, 7) is 12.0. The van der Waals surface area contributed by atoms with E-state index in [1.807, 2.05) is 0 Å². The van der Waals surface area contributed by atoms with Crippen LogP contribution >= 0.6 is 0 Å². The maximum Gasteiger partial charge on any atom is 0.302 e. The second kappa shape index (κ2) is 8.16. The molecule has 2 heterocycles. The van der Waals surface area contributed by atoms with Crippen LogP contribution in [0.4, 0.5) is 0 Å². The first kappa shape index (κ1) is 24.2. The summed E-state index contributed by atoms with van der Waals surface area (Å²) in [7, 11) is 0. The lowest BCUT2D eigenvalue weighted by atomic mass is 9.44. The monoisotopic (exact) mass is 486 g/mol. The molecule has 2 aliphatic heterocycles. The molecule has 0 bridgehead atoms. The number of carbonyl (C=O) groups is 1. The molecule has 4 aliphatic carbocycles. The highest BCUT2D eigenvalue weighted by atomic mass is 16.5. The molecule has 0 radical (unpaired) electrons. The highest BCUT2D eigenvalue weighted by molar-refractivity contribution is 5.66. The number of rotatable bonds is 2. The summed E-state index contributed by atoms with van der Waals surface area (Å²) >= 11 is 0. The number of nitrogens with zero attached hydrogens (tertiary/aromatic N) is 2. The Balaban J connectivity index is 1.23. The normalized spacial score (nSPS) is 55.0. The van der Waals surface area contributed by atoms with Gasteiger partial charge in [-0.2, -0.15) is 0 Å². The van der Waals surface area contributed by atoms with Crippen LogP contribution in [0.3, 0.4) is 0 Å². The summed E-state index contributed by atoms with van der Waals surface area (Å²) in [6.07, 6.45) is 12.1. The average molecular weight is 487 g/mol. The lowest BCUT2D eigenvalue weighted by Gasteiger charge is -2.61. The first-order chi connectivity index (χ1) is 16.6. The van der Waals surface area contributed by atoms with Crippen LogP contribution in [-0.2, 0) is 14.3 Å². The van der Waals surface area contributed by atoms with E-state index in [0.717, 1.165) is 56.4 Å². The Bertz CT molecular complexity index is 881. The highest BCUT2D eigenvalue weighted by Crippen LogP contribution is 2.71. The van der Waals surface area contributed by atoms with E-state index >= 15 is 0 Å². The number of piperidine rings is 1. The topological polar surface area (TPSA) is 68.2 Å². The van der Waals surface area contributed by atoms with Crippen molar-refractivity contribution < 1.29 is 14.3 Å². The fraction of sp³-hybridized carbons (Fsp3) is 0.966. The molecule has 0 aromatic carbocycles. The Morgan fingerprint density at radius 3 is 2.49 bits per heavy atom. The molecule has 1 spiro atoms. The zero-order chi connectivity index (χ0) is 24.8. The van der Waals surface area contributed by atoms with Gasteiger partial charge in [0.2, 0.25) is 0 Å². The highest BCUT2D eigenvalue weighted by Gasteiger charge is 2.70. The van der Waals surface area contributed by atoms with Gasteiger partial charge in [-0.3, -0.25) is 4.79 Å². The standard InChI is InChI=1S/C29H46N2O4/c1-17-8-13-29(31(16-17)30-33)18(2)26-25(35-29)15-24-22-7-6-20-14-21(34-19(3)32)9-11-27(20,4)23(22)10-12-28(24,26)5/h17-18,20-26H,6-16H2,1-5H3. The fourth-order valence-electron chi connectivity index (χ4n) is 11.1. The smallest absolute Gasteiger partial charge is 0.302 e. The summed E-state index contributed by atoms with van der Waals surface area (Å²) in [4.78, 5) is 23.5. The summed E-state index contributed by atoms with van der Waals surface area (Å²) < 4.78 is 12.6. The van der Waals surface area contributed by atoms with E-state index in [9.17, 15) is 9.70 Å². The zero-order valence-corrected chi connectivity index (χ0v) is 22.5. The van der Waals surface area contributed by atoms with Crippen LogP contribution in [0.25, 0.3) is 0 Å². The van der Waals surface area contributed by atoms with Gasteiger partial charge in [-0.05, 0) is 111 Å². The SMILES string of the molecule is CC(=O)OC1CCC2(C)C(CCC3C2CCC2(C)C3CC3OC4(CCC(C)CN4N=O)C(C)C32)C1. The van der Waals surface area contributed by atoms with Crippen LogP contribution in [0.15, 0.2) is 5.29 Å². The Morgan fingerprint density at radius 2 is 1.74 bits per heavy atom. The minimum atomic E-state index is -0.479. The Labute approximate surface area is 211 Å². The molecule has 0 aromatic rings. The summed E-state index contributed by atoms with van der Waals surface area (Å²) in [5.41, 5.74) is 0.196. The second-order valence-corrected chi connectivity index (χ2v) is 14.1. The quantitative estimate of drug-likeness (QED) is 0.337. The maximum atomic E-state index is 11.9. The van der Waals surface area contributed by atoms with E-state index in [1.165, 1.54) is 32.1 Å². The molecule has 35 heavy (non-hydrogen) atoms. The Hall–Kier alpha value is -1.17. The lowest BCUT2D eigenvalue weighted by Crippen LogP contribution is -2.57. The lowest BCUT2D eigenvalue weighted by molar-refractivity contribution is -0.198. The van der Waals surface area contributed by atoms with Crippen molar-refractivity contribution in [1.29, 1.82) is 0 Å². The van der Waals surface area contributed by atoms with Crippen molar-refractivity contribution in [3.05, 3.63) is 4.91 Å². The van der Waals surface area contributed by atoms with Crippen molar-refractivity contribution in [3.8, 4) is 0 Å². The number of esters is 1. The molecule has 6 aliphatic rings. The van der Waals surface area contributed by atoms with Crippen molar-refractivity contribution >= 4 is 5.97 Å². The number of fused-ring (bicyclic) bond motifs is 7. The molecule has 0 N–H and O–H groups in total. The largest absolute Gasteiger partial charge is 0.463 e. The molecule has 4 saturated carbocycles. The molecule has 196 valence electrons. The van der Waals surface area contributed by atoms with Gasteiger partial charge in [0.15, 0.2) is 5.72 Å². The van der Waals surface area contributed by atoms with E-state index in [-0.39, 0.29) is 18.2 Å². The predicted molar refractivity (Wildman–Crippen MR) is 134 cm³/mol. The van der Waals surface area contributed by atoms with Crippen LogP contribution in [0.2, 0.25) is 0 Å². The number of hydrogen-bond acceptors (Lipinski definition) is 5. The van der Waals surface area contributed by atoms with Crippen molar-refractivity contribution in [1.82, 2.24) is 5.01 Å². The van der Waals surface area contributed by atoms with E-state index in [0.29, 0.717) is 34.5 Å². The summed E-state index contributed by atoms with van der Waals surface area (Å²) in [5.74, 6) is 4.21. The van der Waals surface area contributed by atoms with E-state index in [1.54, 1.807) is 11.9 Å². The van der Waals surface area contributed by atoms with Crippen molar-refractivity contribution in [3.63, 3.8) is 0 Å². The number of carbonyl (C=O) groups excluding carboxylic acids is 1. The van der Waals surface area contributed by atoms with Crippen molar-refractivity contribution in [2.75, 3.05) is 6.54 Å². The molecule has 6 heteroatoms. The minimum absolute atomic E-state index is 0.124. The van der Waals surface area contributed by atoms with Gasteiger partial charge < -0.3 is 9.47 Å². The van der Waals surface area contributed by atoms with Gasteiger partial charge in [-0.25, -0.2) is 5.01 Å². The first-order valence-corrected chi connectivity index (χ1v) is 14.6. The molecule has 0 aromatic heterocycles. The summed E-state index contributed by atoms with van der Waals surface area (Å²) in [5, 5.41) is 5.30. The predicted octanol–water partition coefficient (Wildman–Crippen LogP) is 6.33. The molecule has 0 amide bonds. The molecule has 6 nitrogen and oxygen atoms in total.